The highest BCUT2D eigenvalue weighted by atomic mass is 16.5. The Hall–Kier alpha value is -2.05. The smallest absolute Gasteiger partial charge is 0.358 e. The lowest BCUT2D eigenvalue weighted by Crippen LogP contribution is -2.34. The quantitative estimate of drug-likeness (QED) is 0.807. The molecule has 1 aliphatic heterocycles. The van der Waals surface area contributed by atoms with Crippen LogP contribution in [0.2, 0.25) is 0 Å². The molecule has 0 fully saturated rings. The van der Waals surface area contributed by atoms with Gasteiger partial charge in [0.25, 0.3) is 0 Å². The number of rotatable bonds is 4. The third-order valence-electron chi connectivity index (χ3n) is 2.80. The van der Waals surface area contributed by atoms with E-state index in [4.69, 9.17) is 9.47 Å². The minimum Gasteiger partial charge on any atom is -0.466 e. The molecule has 104 valence electrons. The third-order valence-corrected chi connectivity index (χ3v) is 2.80. The predicted molar refractivity (Wildman–Crippen MR) is 66.8 cm³/mol. The van der Waals surface area contributed by atoms with E-state index in [2.05, 4.69) is 10.3 Å². The zero-order chi connectivity index (χ0) is 13.8. The van der Waals surface area contributed by atoms with Crippen molar-refractivity contribution in [1.29, 1.82) is 0 Å². The first kappa shape index (κ1) is 13.4. The Morgan fingerprint density at radius 2 is 2.16 bits per heavy atom. The first-order valence-electron chi connectivity index (χ1n) is 6.30. The lowest BCUT2D eigenvalue weighted by molar-refractivity contribution is -0.148. The van der Waals surface area contributed by atoms with E-state index in [-0.39, 0.29) is 17.6 Å². The van der Waals surface area contributed by atoms with Crippen molar-refractivity contribution in [3.63, 3.8) is 0 Å². The maximum absolute atomic E-state index is 11.7. The standard InChI is InChI=1S/C12H17N3O4/c1-3-18-10(16)8-5-13-12-14-9(7-15(12)6-8)11(17)19-4-2/h7-8H,3-6H2,1-2H3,(H,13,14). The number of carbonyl (C=O) groups is 2. The van der Waals surface area contributed by atoms with Gasteiger partial charge in [0, 0.05) is 19.3 Å². The maximum atomic E-state index is 11.7. The van der Waals surface area contributed by atoms with Crippen LogP contribution in [0, 0.1) is 5.92 Å². The summed E-state index contributed by atoms with van der Waals surface area (Å²) >= 11 is 0. The molecular formula is C12H17N3O4. The summed E-state index contributed by atoms with van der Waals surface area (Å²) in [6, 6.07) is 0. The lowest BCUT2D eigenvalue weighted by Gasteiger charge is -2.23. The van der Waals surface area contributed by atoms with E-state index in [0.29, 0.717) is 32.3 Å². The molecule has 19 heavy (non-hydrogen) atoms. The molecule has 0 radical (unpaired) electrons. The SMILES string of the molecule is CCOC(=O)c1cn2c(n1)NCC(C(=O)OCC)C2. The van der Waals surface area contributed by atoms with E-state index in [1.807, 2.05) is 0 Å². The highest BCUT2D eigenvalue weighted by Gasteiger charge is 2.27. The number of anilines is 1. The van der Waals surface area contributed by atoms with Crippen LogP contribution in [0.5, 0.6) is 0 Å². The van der Waals surface area contributed by atoms with E-state index in [0.717, 1.165) is 0 Å². The number of aromatic nitrogens is 2. The Morgan fingerprint density at radius 1 is 1.42 bits per heavy atom. The topological polar surface area (TPSA) is 82.5 Å². The van der Waals surface area contributed by atoms with Crippen LogP contribution in [0.25, 0.3) is 0 Å². The zero-order valence-electron chi connectivity index (χ0n) is 11.0. The van der Waals surface area contributed by atoms with Crippen LogP contribution in [-0.2, 0) is 20.8 Å². The summed E-state index contributed by atoms with van der Waals surface area (Å²) < 4.78 is 11.6. The zero-order valence-corrected chi connectivity index (χ0v) is 11.0. The fourth-order valence-electron chi connectivity index (χ4n) is 1.93. The van der Waals surface area contributed by atoms with E-state index < -0.39 is 5.97 Å². The van der Waals surface area contributed by atoms with E-state index in [9.17, 15) is 9.59 Å². The van der Waals surface area contributed by atoms with Gasteiger partial charge in [-0.2, -0.15) is 0 Å². The van der Waals surface area contributed by atoms with Crippen molar-refractivity contribution in [2.24, 2.45) is 5.92 Å². The molecule has 0 saturated carbocycles. The van der Waals surface area contributed by atoms with Crippen LogP contribution < -0.4 is 5.32 Å². The Labute approximate surface area is 110 Å². The number of ether oxygens (including phenoxy) is 2. The van der Waals surface area contributed by atoms with Crippen LogP contribution >= 0.6 is 0 Å². The number of esters is 2. The average molecular weight is 267 g/mol. The Morgan fingerprint density at radius 3 is 2.84 bits per heavy atom. The molecule has 0 saturated heterocycles. The van der Waals surface area contributed by atoms with Crippen molar-refractivity contribution in [3.05, 3.63) is 11.9 Å². The van der Waals surface area contributed by atoms with Crippen molar-refractivity contribution in [1.82, 2.24) is 9.55 Å². The number of imidazole rings is 1. The minimum atomic E-state index is -0.459. The van der Waals surface area contributed by atoms with Gasteiger partial charge in [0.05, 0.1) is 19.1 Å². The Kier molecular flexibility index (Phi) is 4.03. The molecule has 1 N–H and O–H groups in total. The van der Waals surface area contributed by atoms with Gasteiger partial charge in [0.15, 0.2) is 5.69 Å². The lowest BCUT2D eigenvalue weighted by atomic mass is 10.1. The van der Waals surface area contributed by atoms with Crippen LogP contribution in [0.1, 0.15) is 24.3 Å². The van der Waals surface area contributed by atoms with Crippen molar-refractivity contribution in [2.75, 3.05) is 25.1 Å². The molecular weight excluding hydrogens is 250 g/mol. The molecule has 0 amide bonds. The van der Waals surface area contributed by atoms with Crippen LogP contribution in [-0.4, -0.2) is 41.2 Å². The van der Waals surface area contributed by atoms with Gasteiger partial charge >= 0.3 is 11.9 Å². The molecule has 1 unspecified atom stereocenters. The summed E-state index contributed by atoms with van der Waals surface area (Å²) in [5.41, 5.74) is 0.244. The number of fused-ring (bicyclic) bond motifs is 1. The number of carbonyl (C=O) groups excluding carboxylic acids is 2. The fourth-order valence-corrected chi connectivity index (χ4v) is 1.93. The summed E-state index contributed by atoms with van der Waals surface area (Å²) in [6.45, 7) is 5.09. The van der Waals surface area contributed by atoms with Gasteiger partial charge in [0.2, 0.25) is 5.95 Å². The molecule has 0 aromatic carbocycles. The van der Waals surface area contributed by atoms with Crippen molar-refractivity contribution >= 4 is 17.9 Å². The maximum Gasteiger partial charge on any atom is 0.358 e. The van der Waals surface area contributed by atoms with Gasteiger partial charge in [-0.1, -0.05) is 0 Å². The number of hydrogen-bond donors (Lipinski definition) is 1. The van der Waals surface area contributed by atoms with Gasteiger partial charge in [-0.25, -0.2) is 9.78 Å². The van der Waals surface area contributed by atoms with Crippen molar-refractivity contribution in [3.8, 4) is 0 Å². The highest BCUT2D eigenvalue weighted by molar-refractivity contribution is 5.87. The van der Waals surface area contributed by atoms with E-state index in [1.165, 1.54) is 0 Å². The summed E-state index contributed by atoms with van der Waals surface area (Å²) in [7, 11) is 0. The van der Waals surface area contributed by atoms with Crippen LogP contribution in [0.15, 0.2) is 6.20 Å². The summed E-state index contributed by atoms with van der Waals surface area (Å²) in [6.07, 6.45) is 1.59. The summed E-state index contributed by atoms with van der Waals surface area (Å²) in [5.74, 6) is -0.397. The molecule has 2 heterocycles. The molecule has 1 aromatic rings. The first-order chi connectivity index (χ1) is 9.15. The van der Waals surface area contributed by atoms with Crippen LogP contribution in [0.4, 0.5) is 5.95 Å². The predicted octanol–water partition coefficient (Wildman–Crippen LogP) is 0.665. The van der Waals surface area contributed by atoms with E-state index in [1.54, 1.807) is 24.6 Å². The molecule has 7 nitrogen and oxygen atoms in total. The van der Waals surface area contributed by atoms with Gasteiger partial charge in [0.1, 0.15) is 0 Å². The molecule has 1 aliphatic rings. The second kappa shape index (κ2) is 5.73. The van der Waals surface area contributed by atoms with Crippen molar-refractivity contribution in [2.45, 2.75) is 20.4 Å². The van der Waals surface area contributed by atoms with E-state index >= 15 is 0 Å². The van der Waals surface area contributed by atoms with Gasteiger partial charge in [-0.15, -0.1) is 0 Å². The molecule has 0 aliphatic carbocycles. The third kappa shape index (κ3) is 2.86. The summed E-state index contributed by atoms with van der Waals surface area (Å²) in [5, 5.41) is 3.01. The average Bonchev–Trinajstić information content (AvgIpc) is 2.82. The van der Waals surface area contributed by atoms with Crippen LogP contribution in [0.3, 0.4) is 0 Å². The second-order valence-electron chi connectivity index (χ2n) is 4.15. The molecule has 7 heteroatoms. The number of hydrogen-bond acceptors (Lipinski definition) is 6. The summed E-state index contributed by atoms with van der Waals surface area (Å²) in [4.78, 5) is 27.4. The number of nitrogens with zero attached hydrogens (tertiary/aromatic N) is 2. The normalized spacial score (nSPS) is 17.3. The second-order valence-corrected chi connectivity index (χ2v) is 4.15. The van der Waals surface area contributed by atoms with Gasteiger partial charge in [-0.05, 0) is 13.8 Å². The highest BCUT2D eigenvalue weighted by Crippen LogP contribution is 2.19. The number of nitrogens with one attached hydrogen (secondary N) is 1. The molecule has 1 aromatic heterocycles. The fraction of sp³-hybridized carbons (Fsp3) is 0.583. The Balaban J connectivity index is 2.08. The van der Waals surface area contributed by atoms with Gasteiger partial charge < -0.3 is 19.4 Å². The monoisotopic (exact) mass is 267 g/mol. The minimum absolute atomic E-state index is 0.243. The molecule has 2 rings (SSSR count). The molecule has 0 spiro atoms. The van der Waals surface area contributed by atoms with Crippen molar-refractivity contribution < 1.29 is 19.1 Å². The largest absolute Gasteiger partial charge is 0.466 e. The Bertz CT molecular complexity index is 483. The molecule has 1 atom stereocenters. The van der Waals surface area contributed by atoms with Gasteiger partial charge in [-0.3, -0.25) is 4.79 Å². The molecule has 0 bridgehead atoms. The first-order valence-corrected chi connectivity index (χ1v) is 6.30.